The summed E-state index contributed by atoms with van der Waals surface area (Å²) in [6, 6.07) is 6.51. The summed E-state index contributed by atoms with van der Waals surface area (Å²) in [6.07, 6.45) is 1.27. The van der Waals surface area contributed by atoms with Crippen molar-refractivity contribution in [1.82, 2.24) is 5.32 Å². The molecular weight excluding hydrogens is 280 g/mol. The highest BCUT2D eigenvalue weighted by Crippen LogP contribution is 2.30. The zero-order valence-electron chi connectivity index (χ0n) is 14.0. The van der Waals surface area contributed by atoms with Crippen LogP contribution in [-0.2, 0) is 6.54 Å². The molecule has 1 fully saturated rings. The van der Waals surface area contributed by atoms with Crippen LogP contribution in [0.25, 0.3) is 0 Å². The third-order valence-electron chi connectivity index (χ3n) is 4.55. The van der Waals surface area contributed by atoms with Gasteiger partial charge in [-0.1, -0.05) is 31.5 Å². The third-order valence-corrected chi connectivity index (χ3v) is 4.90. The molecule has 0 aromatic heterocycles. The third kappa shape index (κ3) is 4.62. The zero-order chi connectivity index (χ0) is 15.6. The van der Waals surface area contributed by atoms with Crippen LogP contribution >= 0.6 is 11.6 Å². The van der Waals surface area contributed by atoms with Gasteiger partial charge in [0.15, 0.2) is 0 Å². The SMILES string of the molecule is CC1CCN(c2ccc(CNC(C)(C)C)c(Cl)c2)CC1C. The maximum atomic E-state index is 6.48. The van der Waals surface area contributed by atoms with Crippen LogP contribution in [0.5, 0.6) is 0 Å². The van der Waals surface area contributed by atoms with E-state index < -0.39 is 0 Å². The largest absolute Gasteiger partial charge is 0.371 e. The van der Waals surface area contributed by atoms with Crippen molar-refractivity contribution in [2.75, 3.05) is 18.0 Å². The summed E-state index contributed by atoms with van der Waals surface area (Å²) in [5.74, 6) is 1.58. The normalized spacial score (nSPS) is 23.4. The van der Waals surface area contributed by atoms with Crippen molar-refractivity contribution in [2.45, 2.75) is 53.1 Å². The molecule has 0 aliphatic carbocycles. The monoisotopic (exact) mass is 308 g/mol. The first kappa shape index (κ1) is 16.6. The van der Waals surface area contributed by atoms with Crippen molar-refractivity contribution < 1.29 is 0 Å². The molecule has 2 nitrogen and oxygen atoms in total. The molecule has 1 N–H and O–H groups in total. The lowest BCUT2D eigenvalue weighted by molar-refractivity contribution is 0.324. The lowest BCUT2D eigenvalue weighted by atomic mass is 9.88. The Hall–Kier alpha value is -0.730. The predicted molar refractivity (Wildman–Crippen MR) is 93.2 cm³/mol. The minimum Gasteiger partial charge on any atom is -0.371 e. The Kier molecular flexibility index (Phi) is 5.21. The summed E-state index contributed by atoms with van der Waals surface area (Å²) in [4.78, 5) is 2.47. The molecule has 0 bridgehead atoms. The average Bonchev–Trinajstić information content (AvgIpc) is 2.39. The average molecular weight is 309 g/mol. The van der Waals surface area contributed by atoms with E-state index in [1.165, 1.54) is 17.7 Å². The highest BCUT2D eigenvalue weighted by molar-refractivity contribution is 6.31. The fraction of sp³-hybridized carbons (Fsp3) is 0.667. The molecule has 118 valence electrons. The molecule has 1 aliphatic heterocycles. The standard InChI is InChI=1S/C18H29ClN2/c1-13-8-9-21(12-14(13)2)16-7-6-15(17(19)10-16)11-20-18(3,4)5/h6-7,10,13-14,20H,8-9,11-12H2,1-5H3. The summed E-state index contributed by atoms with van der Waals surface area (Å²) in [5.41, 5.74) is 2.55. The van der Waals surface area contributed by atoms with Gasteiger partial charge in [-0.15, -0.1) is 0 Å². The van der Waals surface area contributed by atoms with Crippen LogP contribution in [0.3, 0.4) is 0 Å². The van der Waals surface area contributed by atoms with Gasteiger partial charge in [0.2, 0.25) is 0 Å². The summed E-state index contributed by atoms with van der Waals surface area (Å²) in [7, 11) is 0. The molecule has 0 saturated carbocycles. The number of halogens is 1. The molecule has 0 radical (unpaired) electrons. The van der Waals surface area contributed by atoms with Gasteiger partial charge in [0.05, 0.1) is 0 Å². The highest BCUT2D eigenvalue weighted by atomic mass is 35.5. The molecule has 0 amide bonds. The van der Waals surface area contributed by atoms with Gasteiger partial charge >= 0.3 is 0 Å². The van der Waals surface area contributed by atoms with Crippen LogP contribution in [0.15, 0.2) is 18.2 Å². The van der Waals surface area contributed by atoms with Crippen LogP contribution in [0.4, 0.5) is 5.69 Å². The number of hydrogen-bond acceptors (Lipinski definition) is 2. The van der Waals surface area contributed by atoms with E-state index in [-0.39, 0.29) is 5.54 Å². The lowest BCUT2D eigenvalue weighted by Gasteiger charge is -2.37. The summed E-state index contributed by atoms with van der Waals surface area (Å²) in [5, 5.41) is 4.36. The molecule has 2 rings (SSSR count). The first-order valence-corrected chi connectivity index (χ1v) is 8.42. The van der Waals surface area contributed by atoms with Crippen molar-refractivity contribution in [3.8, 4) is 0 Å². The molecule has 1 aromatic carbocycles. The second-order valence-electron chi connectivity index (χ2n) is 7.57. The van der Waals surface area contributed by atoms with E-state index in [4.69, 9.17) is 11.6 Å². The Labute approximate surface area is 134 Å². The van der Waals surface area contributed by atoms with Gasteiger partial charge in [-0.3, -0.25) is 0 Å². The second-order valence-corrected chi connectivity index (χ2v) is 7.98. The maximum absolute atomic E-state index is 6.48. The number of benzene rings is 1. The number of nitrogens with one attached hydrogen (secondary N) is 1. The highest BCUT2D eigenvalue weighted by Gasteiger charge is 2.23. The van der Waals surface area contributed by atoms with Crippen LogP contribution in [0.2, 0.25) is 5.02 Å². The Morgan fingerprint density at radius 1 is 1.24 bits per heavy atom. The van der Waals surface area contributed by atoms with Crippen LogP contribution in [0, 0.1) is 11.8 Å². The van der Waals surface area contributed by atoms with Crippen molar-refractivity contribution in [1.29, 1.82) is 0 Å². The summed E-state index contributed by atoms with van der Waals surface area (Å²) >= 11 is 6.48. The number of hydrogen-bond donors (Lipinski definition) is 1. The van der Waals surface area contributed by atoms with Crippen molar-refractivity contribution in [2.24, 2.45) is 11.8 Å². The van der Waals surface area contributed by atoms with Crippen molar-refractivity contribution in [3.05, 3.63) is 28.8 Å². The predicted octanol–water partition coefficient (Wildman–Crippen LogP) is 4.71. The van der Waals surface area contributed by atoms with E-state index in [0.717, 1.165) is 36.5 Å². The van der Waals surface area contributed by atoms with E-state index in [1.807, 2.05) is 0 Å². The Balaban J connectivity index is 2.05. The smallest absolute Gasteiger partial charge is 0.0471 e. The molecule has 2 atom stereocenters. The Bertz CT molecular complexity index is 479. The zero-order valence-corrected chi connectivity index (χ0v) is 14.8. The van der Waals surface area contributed by atoms with E-state index in [9.17, 15) is 0 Å². The molecule has 21 heavy (non-hydrogen) atoms. The van der Waals surface area contributed by atoms with Gasteiger partial charge in [0.1, 0.15) is 0 Å². The van der Waals surface area contributed by atoms with Gasteiger partial charge in [-0.25, -0.2) is 0 Å². The van der Waals surface area contributed by atoms with E-state index in [2.05, 4.69) is 63.0 Å². The first-order valence-electron chi connectivity index (χ1n) is 8.04. The van der Waals surface area contributed by atoms with Gasteiger partial charge in [0, 0.05) is 35.9 Å². The van der Waals surface area contributed by atoms with Crippen LogP contribution in [0.1, 0.15) is 46.6 Å². The van der Waals surface area contributed by atoms with Gasteiger partial charge in [-0.2, -0.15) is 0 Å². The topological polar surface area (TPSA) is 15.3 Å². The Morgan fingerprint density at radius 3 is 2.52 bits per heavy atom. The molecule has 0 spiro atoms. The number of piperidine rings is 1. The van der Waals surface area contributed by atoms with Gasteiger partial charge < -0.3 is 10.2 Å². The summed E-state index contributed by atoms with van der Waals surface area (Å²) < 4.78 is 0. The minimum absolute atomic E-state index is 0.112. The first-order chi connectivity index (χ1) is 9.76. The fourth-order valence-corrected chi connectivity index (χ4v) is 2.98. The molecule has 1 aliphatic rings. The maximum Gasteiger partial charge on any atom is 0.0471 e. The van der Waals surface area contributed by atoms with Gasteiger partial charge in [0.25, 0.3) is 0 Å². The number of rotatable bonds is 3. The van der Waals surface area contributed by atoms with E-state index in [0.29, 0.717) is 0 Å². The number of anilines is 1. The molecule has 1 aromatic rings. The van der Waals surface area contributed by atoms with Gasteiger partial charge in [-0.05, 0) is 56.7 Å². The molecule has 1 heterocycles. The fourth-order valence-electron chi connectivity index (χ4n) is 2.73. The lowest BCUT2D eigenvalue weighted by Crippen LogP contribution is -2.38. The molecule has 2 unspecified atom stereocenters. The molecular formula is C18H29ClN2. The quantitative estimate of drug-likeness (QED) is 0.870. The summed E-state index contributed by atoms with van der Waals surface area (Å²) in [6.45, 7) is 14.3. The van der Waals surface area contributed by atoms with Crippen molar-refractivity contribution in [3.63, 3.8) is 0 Å². The Morgan fingerprint density at radius 2 is 1.95 bits per heavy atom. The van der Waals surface area contributed by atoms with Crippen LogP contribution < -0.4 is 10.2 Å². The minimum atomic E-state index is 0.112. The van der Waals surface area contributed by atoms with E-state index >= 15 is 0 Å². The molecule has 1 saturated heterocycles. The molecule has 3 heteroatoms. The van der Waals surface area contributed by atoms with E-state index in [1.54, 1.807) is 0 Å². The number of nitrogens with zero attached hydrogens (tertiary/aromatic N) is 1. The van der Waals surface area contributed by atoms with Crippen LogP contribution in [-0.4, -0.2) is 18.6 Å². The second kappa shape index (κ2) is 6.58. The van der Waals surface area contributed by atoms with Crippen molar-refractivity contribution >= 4 is 17.3 Å².